The maximum Gasteiger partial charge on any atom is 0.146 e. The van der Waals surface area contributed by atoms with Crippen LogP contribution in [0.5, 0.6) is 0 Å². The predicted molar refractivity (Wildman–Crippen MR) is 64.7 cm³/mol. The van der Waals surface area contributed by atoms with Gasteiger partial charge in [0.1, 0.15) is 11.5 Å². The Hall–Kier alpha value is -0.800. The van der Waals surface area contributed by atoms with E-state index in [1.54, 1.807) is 6.07 Å². The number of pyridine rings is 1. The highest BCUT2D eigenvalue weighted by Gasteiger charge is 2.12. The molecule has 1 aromatic heterocycles. The molecule has 15 heavy (non-hydrogen) atoms. The van der Waals surface area contributed by atoms with Crippen LogP contribution in [-0.2, 0) is 0 Å². The zero-order valence-electron chi connectivity index (χ0n) is 8.88. The second-order valence-corrected chi connectivity index (χ2v) is 5.00. The Morgan fingerprint density at radius 3 is 2.47 bits per heavy atom. The van der Waals surface area contributed by atoms with E-state index in [2.05, 4.69) is 9.98 Å². The third-order valence-electron chi connectivity index (χ3n) is 1.51. The fraction of sp³-hybridized carbons (Fsp3) is 0.400. The number of aliphatic imine (C=N–C) groups is 1. The van der Waals surface area contributed by atoms with Crippen LogP contribution in [0.3, 0.4) is 0 Å². The topological polar surface area (TPSA) is 51.3 Å². The molecule has 1 rings (SSSR count). The molecule has 0 radical (unpaired) electrons. The van der Waals surface area contributed by atoms with Gasteiger partial charge in [0, 0.05) is 6.20 Å². The van der Waals surface area contributed by atoms with E-state index in [-0.39, 0.29) is 5.54 Å². The molecule has 5 heteroatoms. The summed E-state index contributed by atoms with van der Waals surface area (Å²) in [6, 6.07) is 1.59. The first-order valence-corrected chi connectivity index (χ1v) is 5.22. The molecule has 1 aromatic rings. The molecule has 3 nitrogen and oxygen atoms in total. The molecular formula is C10H13Cl2N3. The summed E-state index contributed by atoms with van der Waals surface area (Å²) < 4.78 is 0. The van der Waals surface area contributed by atoms with Crippen molar-refractivity contribution in [3.8, 4) is 0 Å². The van der Waals surface area contributed by atoms with Gasteiger partial charge >= 0.3 is 0 Å². The summed E-state index contributed by atoms with van der Waals surface area (Å²) in [6.07, 6.45) is 1.49. The third kappa shape index (κ3) is 3.68. The van der Waals surface area contributed by atoms with Crippen LogP contribution in [-0.4, -0.2) is 16.4 Å². The number of halogens is 2. The lowest BCUT2D eigenvalue weighted by molar-refractivity contribution is 0.583. The second-order valence-electron chi connectivity index (χ2n) is 4.15. The molecule has 0 aromatic carbocycles. The monoisotopic (exact) mass is 245 g/mol. The van der Waals surface area contributed by atoms with Crippen LogP contribution in [0.25, 0.3) is 0 Å². The van der Waals surface area contributed by atoms with E-state index in [9.17, 15) is 0 Å². The standard InChI is InChI=1S/C10H13Cl2N3/c1-10(2,3)15-9(13)8-7(12)4-6(11)5-14-8/h4-5H,1-3H3,(H2,13,15). The Kier molecular flexibility index (Phi) is 3.58. The van der Waals surface area contributed by atoms with Crippen molar-refractivity contribution in [2.45, 2.75) is 26.3 Å². The van der Waals surface area contributed by atoms with Crippen molar-refractivity contribution in [1.29, 1.82) is 0 Å². The highest BCUT2D eigenvalue weighted by Crippen LogP contribution is 2.19. The summed E-state index contributed by atoms with van der Waals surface area (Å²) in [5.41, 5.74) is 6.01. The van der Waals surface area contributed by atoms with E-state index in [1.165, 1.54) is 6.20 Å². The Balaban J connectivity index is 3.12. The fourth-order valence-electron chi connectivity index (χ4n) is 1.02. The molecular weight excluding hydrogens is 233 g/mol. The van der Waals surface area contributed by atoms with Crippen LogP contribution in [0, 0.1) is 0 Å². The van der Waals surface area contributed by atoms with Gasteiger partial charge in [0.2, 0.25) is 0 Å². The molecule has 2 N–H and O–H groups in total. The van der Waals surface area contributed by atoms with E-state index in [4.69, 9.17) is 28.9 Å². The lowest BCUT2D eigenvalue weighted by Gasteiger charge is -2.13. The maximum atomic E-state index is 5.95. The first kappa shape index (κ1) is 12.3. The van der Waals surface area contributed by atoms with Gasteiger partial charge in [-0.3, -0.25) is 4.99 Å². The molecule has 0 bridgehead atoms. The summed E-state index contributed by atoms with van der Waals surface area (Å²) in [7, 11) is 0. The quantitative estimate of drug-likeness (QED) is 0.611. The van der Waals surface area contributed by atoms with E-state index in [1.807, 2.05) is 20.8 Å². The fourth-order valence-corrected chi connectivity index (χ4v) is 1.49. The number of amidine groups is 1. The Bertz CT molecular complexity index is 394. The predicted octanol–water partition coefficient (Wildman–Crippen LogP) is 2.89. The van der Waals surface area contributed by atoms with E-state index < -0.39 is 0 Å². The average Bonchev–Trinajstić information content (AvgIpc) is 1.99. The Labute approximate surface area is 99.3 Å². The summed E-state index contributed by atoms with van der Waals surface area (Å²) in [4.78, 5) is 8.32. The average molecular weight is 246 g/mol. The number of aromatic nitrogens is 1. The van der Waals surface area contributed by atoms with Crippen LogP contribution >= 0.6 is 23.2 Å². The number of hydrogen-bond acceptors (Lipinski definition) is 2. The van der Waals surface area contributed by atoms with Crippen LogP contribution in [0.1, 0.15) is 26.5 Å². The van der Waals surface area contributed by atoms with Crippen molar-refractivity contribution in [3.05, 3.63) is 28.0 Å². The van der Waals surface area contributed by atoms with Gasteiger partial charge in [0.05, 0.1) is 15.6 Å². The lowest BCUT2D eigenvalue weighted by atomic mass is 10.1. The van der Waals surface area contributed by atoms with Crippen molar-refractivity contribution >= 4 is 29.0 Å². The summed E-state index contributed by atoms with van der Waals surface area (Å²) in [5, 5.41) is 0.889. The van der Waals surface area contributed by atoms with E-state index in [0.29, 0.717) is 21.6 Å². The highest BCUT2D eigenvalue weighted by atomic mass is 35.5. The van der Waals surface area contributed by atoms with Crippen molar-refractivity contribution in [3.63, 3.8) is 0 Å². The first-order valence-electron chi connectivity index (χ1n) is 4.46. The zero-order valence-corrected chi connectivity index (χ0v) is 10.4. The van der Waals surface area contributed by atoms with Crippen molar-refractivity contribution in [2.24, 2.45) is 10.7 Å². The SMILES string of the molecule is CC(C)(C)N=C(N)c1ncc(Cl)cc1Cl. The van der Waals surface area contributed by atoms with Gasteiger partial charge in [-0.05, 0) is 26.8 Å². The summed E-state index contributed by atoms with van der Waals surface area (Å²) >= 11 is 11.7. The molecule has 0 fully saturated rings. The molecule has 0 aliphatic carbocycles. The van der Waals surface area contributed by atoms with Gasteiger partial charge in [0.15, 0.2) is 0 Å². The highest BCUT2D eigenvalue weighted by molar-refractivity contribution is 6.36. The maximum absolute atomic E-state index is 5.95. The molecule has 82 valence electrons. The molecule has 0 aliphatic heterocycles. The third-order valence-corrected chi connectivity index (χ3v) is 2.00. The lowest BCUT2D eigenvalue weighted by Crippen LogP contribution is -2.22. The molecule has 0 atom stereocenters. The number of nitrogens with two attached hydrogens (primary N) is 1. The van der Waals surface area contributed by atoms with Gasteiger partial charge in [-0.15, -0.1) is 0 Å². The molecule has 0 amide bonds. The molecule has 0 saturated carbocycles. The van der Waals surface area contributed by atoms with Crippen molar-refractivity contribution in [2.75, 3.05) is 0 Å². The number of hydrogen-bond donors (Lipinski definition) is 1. The number of nitrogens with zero attached hydrogens (tertiary/aromatic N) is 2. The van der Waals surface area contributed by atoms with Crippen LogP contribution in [0.4, 0.5) is 0 Å². The molecule has 1 heterocycles. The minimum absolute atomic E-state index is 0.255. The molecule has 0 unspecified atom stereocenters. The van der Waals surface area contributed by atoms with Gasteiger partial charge < -0.3 is 5.73 Å². The zero-order chi connectivity index (χ0) is 11.6. The Morgan fingerprint density at radius 1 is 1.40 bits per heavy atom. The molecule has 0 saturated heterocycles. The molecule has 0 aliphatic rings. The van der Waals surface area contributed by atoms with Crippen molar-refractivity contribution in [1.82, 2.24) is 4.98 Å². The van der Waals surface area contributed by atoms with E-state index in [0.717, 1.165) is 0 Å². The smallest absolute Gasteiger partial charge is 0.146 e. The normalized spacial score (nSPS) is 13.0. The Morgan fingerprint density at radius 2 is 2.00 bits per heavy atom. The first-order chi connectivity index (χ1) is 6.79. The van der Waals surface area contributed by atoms with Crippen molar-refractivity contribution < 1.29 is 0 Å². The van der Waals surface area contributed by atoms with Gasteiger partial charge in [-0.2, -0.15) is 0 Å². The largest absolute Gasteiger partial charge is 0.382 e. The van der Waals surface area contributed by atoms with Gasteiger partial charge in [0.25, 0.3) is 0 Å². The van der Waals surface area contributed by atoms with Crippen LogP contribution < -0.4 is 5.73 Å². The van der Waals surface area contributed by atoms with Crippen LogP contribution in [0.2, 0.25) is 10.0 Å². The second kappa shape index (κ2) is 4.37. The summed E-state index contributed by atoms with van der Waals surface area (Å²) in [5.74, 6) is 0.323. The minimum atomic E-state index is -0.255. The minimum Gasteiger partial charge on any atom is -0.382 e. The van der Waals surface area contributed by atoms with Gasteiger partial charge in [-0.1, -0.05) is 23.2 Å². The number of rotatable bonds is 1. The van der Waals surface area contributed by atoms with E-state index >= 15 is 0 Å². The van der Waals surface area contributed by atoms with Crippen LogP contribution in [0.15, 0.2) is 17.3 Å². The summed E-state index contributed by atoms with van der Waals surface area (Å²) in [6.45, 7) is 5.84. The van der Waals surface area contributed by atoms with Gasteiger partial charge in [-0.25, -0.2) is 4.98 Å². The molecule has 0 spiro atoms.